The van der Waals surface area contributed by atoms with Crippen molar-refractivity contribution in [3.8, 4) is 16.9 Å². The third-order valence-electron chi connectivity index (χ3n) is 7.85. The number of anilines is 1. The highest BCUT2D eigenvalue weighted by atomic mass is 35.5. The Bertz CT molecular complexity index is 1440. The molecular formula is C30H33ClN6O2. The summed E-state index contributed by atoms with van der Waals surface area (Å²) in [6.45, 7) is 2.57. The van der Waals surface area contributed by atoms with E-state index < -0.39 is 0 Å². The zero-order valence-corrected chi connectivity index (χ0v) is 22.7. The van der Waals surface area contributed by atoms with Crippen molar-refractivity contribution in [2.75, 3.05) is 25.5 Å². The molecule has 0 spiro atoms. The van der Waals surface area contributed by atoms with Gasteiger partial charge < -0.3 is 20.4 Å². The number of hydrogen-bond donors (Lipinski definition) is 3. The van der Waals surface area contributed by atoms with Gasteiger partial charge in [0.2, 0.25) is 5.91 Å². The van der Waals surface area contributed by atoms with Gasteiger partial charge in [0, 0.05) is 48.9 Å². The molecule has 1 aromatic carbocycles. The first-order valence-corrected chi connectivity index (χ1v) is 13.9. The van der Waals surface area contributed by atoms with Gasteiger partial charge in [-0.15, -0.1) is 0 Å². The van der Waals surface area contributed by atoms with Crippen LogP contribution < -0.4 is 15.4 Å². The first-order chi connectivity index (χ1) is 19.0. The van der Waals surface area contributed by atoms with Gasteiger partial charge in [0.05, 0.1) is 19.2 Å². The fourth-order valence-corrected chi connectivity index (χ4v) is 5.89. The second-order valence-electron chi connectivity index (χ2n) is 10.6. The SMILES string of the molecule is COc1cnc2[nH]cc(-c3cc(Cl)nc(N[C@H]4CC[C@H](NC(=O)C5CN(Cc6ccccc6)C5)CC4)c3)c2c1. The van der Waals surface area contributed by atoms with Crippen LogP contribution in [0.2, 0.25) is 5.15 Å². The highest BCUT2D eigenvalue weighted by Crippen LogP contribution is 2.33. The van der Waals surface area contributed by atoms with E-state index in [1.54, 1.807) is 13.3 Å². The fraction of sp³-hybridized carbons (Fsp3) is 0.367. The number of H-pyrrole nitrogens is 1. The molecule has 3 N–H and O–H groups in total. The van der Waals surface area contributed by atoms with Gasteiger partial charge in [-0.3, -0.25) is 9.69 Å². The summed E-state index contributed by atoms with van der Waals surface area (Å²) in [7, 11) is 1.63. The van der Waals surface area contributed by atoms with Gasteiger partial charge in [-0.1, -0.05) is 41.9 Å². The molecule has 1 amide bonds. The monoisotopic (exact) mass is 544 g/mol. The lowest BCUT2D eigenvalue weighted by Gasteiger charge is -2.39. The van der Waals surface area contributed by atoms with E-state index >= 15 is 0 Å². The summed E-state index contributed by atoms with van der Waals surface area (Å²) < 4.78 is 5.36. The van der Waals surface area contributed by atoms with Crippen LogP contribution in [0, 0.1) is 5.92 Å². The van der Waals surface area contributed by atoms with Crippen LogP contribution in [0.3, 0.4) is 0 Å². The van der Waals surface area contributed by atoms with E-state index in [0.717, 1.165) is 73.3 Å². The molecule has 4 aromatic rings. The highest BCUT2D eigenvalue weighted by Gasteiger charge is 2.34. The molecule has 1 aliphatic carbocycles. The smallest absolute Gasteiger partial charge is 0.225 e. The number of aromatic amines is 1. The molecule has 1 saturated heterocycles. The summed E-state index contributed by atoms with van der Waals surface area (Å²) in [6, 6.07) is 16.8. The maximum atomic E-state index is 12.8. The standard InChI is InChI=1S/C30H33ClN6O2/c1-39-24-13-25-26(15-33-29(25)32-14-24)20-11-27(31)36-28(12-20)34-22-7-9-23(10-8-22)35-30(38)21-17-37(18-21)16-19-5-3-2-4-6-19/h2-6,11-15,21-23H,7-10,16-18H2,1H3,(H,32,33)(H,34,36)(H,35,38)/t22-,23-. The minimum absolute atomic E-state index is 0.0957. The van der Waals surface area contributed by atoms with E-state index in [0.29, 0.717) is 10.9 Å². The van der Waals surface area contributed by atoms with Crippen LogP contribution in [0.1, 0.15) is 31.2 Å². The van der Waals surface area contributed by atoms with Crippen molar-refractivity contribution in [2.24, 2.45) is 5.92 Å². The molecular weight excluding hydrogens is 512 g/mol. The third-order valence-corrected chi connectivity index (χ3v) is 8.04. The molecule has 2 aliphatic rings. The summed E-state index contributed by atoms with van der Waals surface area (Å²) in [5.74, 6) is 1.75. The van der Waals surface area contributed by atoms with Crippen molar-refractivity contribution in [3.63, 3.8) is 0 Å². The number of carbonyl (C=O) groups excluding carboxylic acids is 1. The molecule has 4 heterocycles. The number of benzene rings is 1. The largest absolute Gasteiger partial charge is 0.495 e. The lowest BCUT2D eigenvalue weighted by molar-refractivity contribution is -0.131. The average molecular weight is 545 g/mol. The Labute approximate surface area is 233 Å². The zero-order valence-electron chi connectivity index (χ0n) is 22.0. The first-order valence-electron chi connectivity index (χ1n) is 13.6. The van der Waals surface area contributed by atoms with E-state index in [1.807, 2.05) is 30.5 Å². The van der Waals surface area contributed by atoms with Crippen LogP contribution in [-0.4, -0.2) is 58.0 Å². The van der Waals surface area contributed by atoms with E-state index in [4.69, 9.17) is 16.3 Å². The van der Waals surface area contributed by atoms with E-state index in [2.05, 4.69) is 54.8 Å². The van der Waals surface area contributed by atoms with Gasteiger partial charge in [0.15, 0.2) is 0 Å². The zero-order chi connectivity index (χ0) is 26.8. The molecule has 0 atom stereocenters. The fourth-order valence-electron chi connectivity index (χ4n) is 5.68. The Hall–Kier alpha value is -3.62. The van der Waals surface area contributed by atoms with Crippen LogP contribution in [0.5, 0.6) is 5.75 Å². The van der Waals surface area contributed by atoms with E-state index in [9.17, 15) is 4.79 Å². The summed E-state index contributed by atoms with van der Waals surface area (Å²) >= 11 is 6.43. The van der Waals surface area contributed by atoms with E-state index in [-0.39, 0.29) is 23.9 Å². The molecule has 8 nitrogen and oxygen atoms in total. The summed E-state index contributed by atoms with van der Waals surface area (Å²) in [5, 5.41) is 8.28. The number of nitrogens with zero attached hydrogens (tertiary/aromatic N) is 3. The summed E-state index contributed by atoms with van der Waals surface area (Å²) in [4.78, 5) is 27.3. The minimum Gasteiger partial charge on any atom is -0.495 e. The molecule has 3 aromatic heterocycles. The maximum Gasteiger partial charge on any atom is 0.225 e. The van der Waals surface area contributed by atoms with Crippen molar-refractivity contribution < 1.29 is 9.53 Å². The van der Waals surface area contributed by atoms with Gasteiger partial charge in [-0.2, -0.15) is 0 Å². The van der Waals surface area contributed by atoms with Crippen molar-refractivity contribution in [2.45, 2.75) is 44.3 Å². The predicted molar refractivity (Wildman–Crippen MR) is 154 cm³/mol. The Morgan fingerprint density at radius 1 is 1.10 bits per heavy atom. The van der Waals surface area contributed by atoms with Crippen molar-refractivity contribution in [1.82, 2.24) is 25.2 Å². The number of carbonyl (C=O) groups is 1. The third kappa shape index (κ3) is 5.87. The summed E-state index contributed by atoms with van der Waals surface area (Å²) in [5.41, 5.74) is 4.04. The van der Waals surface area contributed by atoms with Gasteiger partial charge in [0.1, 0.15) is 22.4 Å². The topological polar surface area (TPSA) is 95.2 Å². The maximum absolute atomic E-state index is 12.8. The molecule has 6 rings (SSSR count). The first kappa shape index (κ1) is 25.6. The Balaban J connectivity index is 1.01. The Kier molecular flexibility index (Phi) is 7.39. The number of pyridine rings is 2. The number of amides is 1. The number of fused-ring (bicyclic) bond motifs is 1. The molecule has 1 aliphatic heterocycles. The second-order valence-corrected chi connectivity index (χ2v) is 11.0. The van der Waals surface area contributed by atoms with Crippen molar-refractivity contribution >= 4 is 34.4 Å². The van der Waals surface area contributed by atoms with Crippen molar-refractivity contribution in [3.05, 3.63) is 71.6 Å². The molecule has 202 valence electrons. The van der Waals surface area contributed by atoms with Gasteiger partial charge in [0.25, 0.3) is 0 Å². The minimum atomic E-state index is 0.0957. The number of halogens is 1. The number of methoxy groups -OCH3 is 1. The molecule has 1 saturated carbocycles. The Morgan fingerprint density at radius 2 is 1.87 bits per heavy atom. The lowest BCUT2D eigenvalue weighted by atomic mass is 9.90. The Morgan fingerprint density at radius 3 is 2.64 bits per heavy atom. The molecule has 0 radical (unpaired) electrons. The van der Waals surface area contributed by atoms with Crippen LogP contribution >= 0.6 is 11.6 Å². The van der Waals surface area contributed by atoms with Gasteiger partial charge in [-0.25, -0.2) is 9.97 Å². The number of aromatic nitrogens is 3. The number of likely N-dealkylation sites (tertiary alicyclic amines) is 1. The van der Waals surface area contributed by atoms with Crippen LogP contribution in [0.15, 0.2) is 60.9 Å². The molecule has 0 unspecified atom stereocenters. The normalized spacial score (nSPS) is 19.9. The van der Waals surface area contributed by atoms with Crippen molar-refractivity contribution in [1.29, 1.82) is 0 Å². The number of ether oxygens (including phenoxy) is 1. The number of nitrogens with one attached hydrogen (secondary N) is 3. The predicted octanol–water partition coefficient (Wildman–Crippen LogP) is 5.26. The highest BCUT2D eigenvalue weighted by molar-refractivity contribution is 6.29. The van der Waals surface area contributed by atoms with E-state index in [1.165, 1.54) is 5.56 Å². The molecule has 0 bridgehead atoms. The molecule has 2 fully saturated rings. The van der Waals surface area contributed by atoms with Gasteiger partial charge >= 0.3 is 0 Å². The lowest BCUT2D eigenvalue weighted by Crippen LogP contribution is -2.55. The number of hydrogen-bond acceptors (Lipinski definition) is 6. The van der Waals surface area contributed by atoms with Crippen LogP contribution in [0.25, 0.3) is 22.2 Å². The summed E-state index contributed by atoms with van der Waals surface area (Å²) in [6.07, 6.45) is 7.46. The van der Waals surface area contributed by atoms with Crippen LogP contribution in [0.4, 0.5) is 5.82 Å². The quantitative estimate of drug-likeness (QED) is 0.262. The van der Waals surface area contributed by atoms with Crippen LogP contribution in [-0.2, 0) is 11.3 Å². The number of rotatable bonds is 8. The average Bonchev–Trinajstić information content (AvgIpc) is 3.35. The molecule has 39 heavy (non-hydrogen) atoms. The molecule has 9 heteroatoms. The second kappa shape index (κ2) is 11.2. The van der Waals surface area contributed by atoms with Gasteiger partial charge in [-0.05, 0) is 55.0 Å².